The number of pyridine rings is 1. The minimum Gasteiger partial charge on any atom is -0.368 e. The van der Waals surface area contributed by atoms with E-state index in [9.17, 15) is 9.59 Å². The van der Waals surface area contributed by atoms with Crippen LogP contribution >= 0.6 is 15.9 Å². The van der Waals surface area contributed by atoms with Gasteiger partial charge in [-0.25, -0.2) is 4.98 Å². The van der Waals surface area contributed by atoms with Gasteiger partial charge >= 0.3 is 0 Å². The summed E-state index contributed by atoms with van der Waals surface area (Å²) in [6.45, 7) is 3.06. The van der Waals surface area contributed by atoms with E-state index in [0.717, 1.165) is 0 Å². The summed E-state index contributed by atoms with van der Waals surface area (Å²) >= 11 is 3.20. The summed E-state index contributed by atoms with van der Waals surface area (Å²) in [7, 11) is 0. The molecule has 5 nitrogen and oxygen atoms in total. The molecule has 1 heterocycles. The van der Waals surface area contributed by atoms with Gasteiger partial charge in [-0.3, -0.25) is 9.59 Å². The second kappa shape index (κ2) is 4.61. The van der Waals surface area contributed by atoms with Crippen LogP contribution in [0.25, 0.3) is 0 Å². The monoisotopic (exact) mass is 285 g/mol. The summed E-state index contributed by atoms with van der Waals surface area (Å²) in [5.74, 6) is -1.05. The van der Waals surface area contributed by atoms with Crippen molar-refractivity contribution in [3.05, 3.63) is 28.5 Å². The van der Waals surface area contributed by atoms with E-state index in [2.05, 4.69) is 26.2 Å². The standard InChI is InChI=1S/C10H12BrN3O2/c1-10(2,9(12)16)14-8(15)7-6(11)4-3-5-13-7/h3-5H,1-2H3,(H2,12,16)(H,14,15). The fourth-order valence-corrected chi connectivity index (χ4v) is 1.39. The third kappa shape index (κ3) is 2.79. The van der Waals surface area contributed by atoms with Crippen molar-refractivity contribution in [3.63, 3.8) is 0 Å². The van der Waals surface area contributed by atoms with E-state index >= 15 is 0 Å². The van der Waals surface area contributed by atoms with Gasteiger partial charge in [0.25, 0.3) is 5.91 Å². The van der Waals surface area contributed by atoms with Crippen molar-refractivity contribution in [3.8, 4) is 0 Å². The van der Waals surface area contributed by atoms with E-state index in [1.165, 1.54) is 20.0 Å². The van der Waals surface area contributed by atoms with Gasteiger partial charge in [0.1, 0.15) is 11.2 Å². The lowest BCUT2D eigenvalue weighted by molar-refractivity contribution is -0.122. The highest BCUT2D eigenvalue weighted by Gasteiger charge is 2.28. The molecular weight excluding hydrogens is 274 g/mol. The van der Waals surface area contributed by atoms with Crippen molar-refractivity contribution in [1.82, 2.24) is 10.3 Å². The van der Waals surface area contributed by atoms with E-state index in [4.69, 9.17) is 5.73 Å². The number of primary amides is 1. The molecule has 0 radical (unpaired) electrons. The van der Waals surface area contributed by atoms with Crippen LogP contribution in [-0.4, -0.2) is 22.3 Å². The average molecular weight is 286 g/mol. The van der Waals surface area contributed by atoms with E-state index in [1.807, 2.05) is 0 Å². The van der Waals surface area contributed by atoms with E-state index in [1.54, 1.807) is 12.1 Å². The highest BCUT2D eigenvalue weighted by atomic mass is 79.9. The number of carbonyl (C=O) groups excluding carboxylic acids is 2. The Balaban J connectivity index is 2.89. The Hall–Kier alpha value is -1.43. The SMILES string of the molecule is CC(C)(NC(=O)c1ncccc1Br)C(N)=O. The molecule has 0 fully saturated rings. The first-order valence-electron chi connectivity index (χ1n) is 4.57. The summed E-state index contributed by atoms with van der Waals surface area (Å²) in [6, 6.07) is 3.39. The first-order valence-corrected chi connectivity index (χ1v) is 5.37. The number of hydrogen-bond acceptors (Lipinski definition) is 3. The number of amides is 2. The number of halogens is 1. The molecule has 1 aromatic rings. The molecule has 3 N–H and O–H groups in total. The summed E-state index contributed by atoms with van der Waals surface area (Å²) in [5, 5.41) is 2.51. The zero-order valence-corrected chi connectivity index (χ0v) is 10.5. The highest BCUT2D eigenvalue weighted by molar-refractivity contribution is 9.10. The number of hydrogen-bond donors (Lipinski definition) is 2. The van der Waals surface area contributed by atoms with Crippen molar-refractivity contribution in [1.29, 1.82) is 0 Å². The fourth-order valence-electron chi connectivity index (χ4n) is 0.957. The Morgan fingerprint density at radius 2 is 2.12 bits per heavy atom. The van der Waals surface area contributed by atoms with Crippen LogP contribution in [0.15, 0.2) is 22.8 Å². The van der Waals surface area contributed by atoms with Gasteiger partial charge < -0.3 is 11.1 Å². The molecule has 0 atom stereocenters. The van der Waals surface area contributed by atoms with E-state index in [0.29, 0.717) is 4.47 Å². The normalized spacial score (nSPS) is 10.9. The molecule has 0 aliphatic heterocycles. The van der Waals surface area contributed by atoms with Crippen LogP contribution in [0.1, 0.15) is 24.3 Å². The summed E-state index contributed by atoms with van der Waals surface area (Å²) in [6.07, 6.45) is 1.50. The first kappa shape index (κ1) is 12.6. The lowest BCUT2D eigenvalue weighted by Crippen LogP contribution is -2.53. The lowest BCUT2D eigenvalue weighted by Gasteiger charge is -2.22. The maximum Gasteiger partial charge on any atom is 0.271 e. The number of nitrogens with zero attached hydrogens (tertiary/aromatic N) is 1. The van der Waals surface area contributed by atoms with Crippen LogP contribution in [0.4, 0.5) is 0 Å². The molecule has 6 heteroatoms. The Kier molecular flexibility index (Phi) is 3.64. The van der Waals surface area contributed by atoms with Crippen molar-refractivity contribution >= 4 is 27.7 Å². The average Bonchev–Trinajstić information content (AvgIpc) is 2.17. The number of nitrogens with two attached hydrogens (primary N) is 1. The molecule has 0 aliphatic carbocycles. The molecule has 0 aromatic carbocycles. The van der Waals surface area contributed by atoms with Gasteiger partial charge in [-0.05, 0) is 41.9 Å². The molecule has 16 heavy (non-hydrogen) atoms. The Morgan fingerprint density at radius 3 is 2.62 bits per heavy atom. The molecule has 1 rings (SSSR count). The molecule has 0 bridgehead atoms. The zero-order chi connectivity index (χ0) is 12.3. The molecule has 0 spiro atoms. The predicted octanol–water partition coefficient (Wildman–Crippen LogP) is 0.838. The van der Waals surface area contributed by atoms with E-state index in [-0.39, 0.29) is 5.69 Å². The van der Waals surface area contributed by atoms with Crippen LogP contribution in [0.3, 0.4) is 0 Å². The molecule has 0 saturated heterocycles. The van der Waals surface area contributed by atoms with Crippen LogP contribution < -0.4 is 11.1 Å². The van der Waals surface area contributed by atoms with Crippen molar-refractivity contribution in [2.45, 2.75) is 19.4 Å². The molecule has 1 aromatic heterocycles. The third-order valence-electron chi connectivity index (χ3n) is 2.02. The van der Waals surface area contributed by atoms with Gasteiger partial charge in [0.05, 0.1) is 0 Å². The minimum atomic E-state index is -1.10. The third-order valence-corrected chi connectivity index (χ3v) is 2.66. The van der Waals surface area contributed by atoms with Gasteiger partial charge in [-0.1, -0.05) is 0 Å². The van der Waals surface area contributed by atoms with Crippen LogP contribution in [0.2, 0.25) is 0 Å². The Labute approximate surface area is 102 Å². The number of nitrogens with one attached hydrogen (secondary N) is 1. The summed E-state index contributed by atoms with van der Waals surface area (Å²) in [4.78, 5) is 26.7. The van der Waals surface area contributed by atoms with Crippen molar-refractivity contribution in [2.24, 2.45) is 5.73 Å². The molecule has 86 valence electrons. The maximum absolute atomic E-state index is 11.8. The number of carbonyl (C=O) groups is 2. The van der Waals surface area contributed by atoms with Crippen LogP contribution in [-0.2, 0) is 4.79 Å². The van der Waals surface area contributed by atoms with Gasteiger partial charge in [-0.2, -0.15) is 0 Å². The Bertz CT molecular complexity index is 432. The second-order valence-corrected chi connectivity index (χ2v) is 4.63. The molecule has 0 aliphatic rings. The fraction of sp³-hybridized carbons (Fsp3) is 0.300. The Morgan fingerprint density at radius 1 is 1.50 bits per heavy atom. The largest absolute Gasteiger partial charge is 0.368 e. The second-order valence-electron chi connectivity index (χ2n) is 3.78. The smallest absolute Gasteiger partial charge is 0.271 e. The van der Waals surface area contributed by atoms with E-state index < -0.39 is 17.4 Å². The molecule has 0 unspecified atom stereocenters. The summed E-state index contributed by atoms with van der Waals surface area (Å²) in [5.41, 5.74) is 4.27. The first-order chi connectivity index (χ1) is 7.34. The quantitative estimate of drug-likeness (QED) is 0.863. The van der Waals surface area contributed by atoms with Crippen LogP contribution in [0, 0.1) is 0 Å². The van der Waals surface area contributed by atoms with Crippen LogP contribution in [0.5, 0.6) is 0 Å². The van der Waals surface area contributed by atoms with Gasteiger partial charge in [0.15, 0.2) is 0 Å². The maximum atomic E-state index is 11.8. The molecule has 0 saturated carbocycles. The lowest BCUT2D eigenvalue weighted by atomic mass is 10.1. The van der Waals surface area contributed by atoms with Gasteiger partial charge in [0.2, 0.25) is 5.91 Å². The molecule has 2 amide bonds. The van der Waals surface area contributed by atoms with Gasteiger partial charge in [0, 0.05) is 10.7 Å². The summed E-state index contributed by atoms with van der Waals surface area (Å²) < 4.78 is 0.563. The topological polar surface area (TPSA) is 85.1 Å². The molecular formula is C10H12BrN3O2. The highest BCUT2D eigenvalue weighted by Crippen LogP contribution is 2.14. The number of rotatable bonds is 3. The number of aromatic nitrogens is 1. The predicted molar refractivity (Wildman–Crippen MR) is 62.7 cm³/mol. The minimum absolute atomic E-state index is 0.219. The zero-order valence-electron chi connectivity index (χ0n) is 8.95. The van der Waals surface area contributed by atoms with Gasteiger partial charge in [-0.15, -0.1) is 0 Å². The van der Waals surface area contributed by atoms with Crippen molar-refractivity contribution < 1.29 is 9.59 Å². The van der Waals surface area contributed by atoms with Crippen molar-refractivity contribution in [2.75, 3.05) is 0 Å².